The lowest BCUT2D eigenvalue weighted by atomic mass is 10.0. The number of fused-ring (bicyclic) bond motifs is 2. The molecular formula is C38H28N2. The van der Waals surface area contributed by atoms with Gasteiger partial charge in [-0.05, 0) is 81.9 Å². The van der Waals surface area contributed by atoms with Crippen LogP contribution in [0.15, 0.2) is 164 Å². The van der Waals surface area contributed by atoms with Crippen LogP contribution in [0.25, 0.3) is 32.7 Å². The summed E-state index contributed by atoms with van der Waals surface area (Å²) in [6.07, 6.45) is 0. The first-order valence-electron chi connectivity index (χ1n) is 13.6. The van der Waals surface area contributed by atoms with Crippen molar-refractivity contribution < 1.29 is 0 Å². The summed E-state index contributed by atoms with van der Waals surface area (Å²) in [5, 5.41) is 8.52. The van der Waals surface area contributed by atoms with Gasteiger partial charge >= 0.3 is 0 Å². The molecule has 2 heteroatoms. The summed E-state index contributed by atoms with van der Waals surface area (Å²) in [5.74, 6) is 0. The molecule has 0 radical (unpaired) electrons. The van der Waals surface area contributed by atoms with Crippen LogP contribution >= 0.6 is 0 Å². The van der Waals surface area contributed by atoms with Gasteiger partial charge in [0.25, 0.3) is 0 Å². The highest BCUT2D eigenvalue weighted by Crippen LogP contribution is 2.38. The molecule has 1 N–H and O–H groups in total. The van der Waals surface area contributed by atoms with E-state index in [9.17, 15) is 0 Å². The molecule has 0 heterocycles. The first-order chi connectivity index (χ1) is 19.8. The summed E-state index contributed by atoms with van der Waals surface area (Å²) in [6.45, 7) is 0. The first kappa shape index (κ1) is 23.8. The maximum Gasteiger partial charge on any atom is 0.0468 e. The Hall–Kier alpha value is -5.34. The quantitative estimate of drug-likeness (QED) is 0.238. The summed E-state index contributed by atoms with van der Waals surface area (Å²) in [7, 11) is 0. The fraction of sp³-hybridized carbons (Fsp3) is 0. The Balaban J connectivity index is 1.29. The van der Waals surface area contributed by atoms with Crippen LogP contribution in [0.5, 0.6) is 0 Å². The molecule has 190 valence electrons. The van der Waals surface area contributed by atoms with Crippen molar-refractivity contribution in [3.8, 4) is 11.1 Å². The van der Waals surface area contributed by atoms with Crippen LogP contribution in [0.3, 0.4) is 0 Å². The van der Waals surface area contributed by atoms with E-state index in [2.05, 4.69) is 174 Å². The Bertz CT molecular complexity index is 1920. The fourth-order valence-electron chi connectivity index (χ4n) is 5.40. The monoisotopic (exact) mass is 512 g/mol. The second kappa shape index (κ2) is 10.4. The minimum absolute atomic E-state index is 1.05. The number of hydrogen-bond donors (Lipinski definition) is 1. The average Bonchev–Trinajstić information content (AvgIpc) is 3.03. The zero-order valence-electron chi connectivity index (χ0n) is 22.0. The van der Waals surface area contributed by atoms with Crippen LogP contribution in [0.2, 0.25) is 0 Å². The van der Waals surface area contributed by atoms with Crippen molar-refractivity contribution in [2.24, 2.45) is 0 Å². The molecule has 0 bridgehead atoms. The number of rotatable bonds is 6. The molecule has 7 aromatic rings. The molecule has 7 aromatic carbocycles. The van der Waals surface area contributed by atoms with Crippen LogP contribution in [-0.4, -0.2) is 0 Å². The fourth-order valence-corrected chi connectivity index (χ4v) is 5.40. The Morgan fingerprint density at radius 3 is 1.85 bits per heavy atom. The van der Waals surface area contributed by atoms with Gasteiger partial charge in [0.2, 0.25) is 0 Å². The molecule has 0 unspecified atom stereocenters. The van der Waals surface area contributed by atoms with Gasteiger partial charge in [-0.15, -0.1) is 0 Å². The molecule has 0 aliphatic heterocycles. The average molecular weight is 513 g/mol. The zero-order chi connectivity index (χ0) is 26.7. The highest BCUT2D eigenvalue weighted by molar-refractivity contribution is 5.95. The van der Waals surface area contributed by atoms with Crippen molar-refractivity contribution >= 4 is 50.0 Å². The van der Waals surface area contributed by atoms with E-state index in [-0.39, 0.29) is 0 Å². The van der Waals surface area contributed by atoms with E-state index < -0.39 is 0 Å². The van der Waals surface area contributed by atoms with Gasteiger partial charge in [0.1, 0.15) is 0 Å². The van der Waals surface area contributed by atoms with Gasteiger partial charge in [0, 0.05) is 33.8 Å². The molecule has 0 aliphatic carbocycles. The van der Waals surface area contributed by atoms with Crippen molar-refractivity contribution in [1.82, 2.24) is 0 Å². The van der Waals surface area contributed by atoms with Gasteiger partial charge in [0.05, 0.1) is 0 Å². The van der Waals surface area contributed by atoms with E-state index in [1.54, 1.807) is 0 Å². The molecule has 7 rings (SSSR count). The van der Waals surface area contributed by atoms with E-state index >= 15 is 0 Å². The van der Waals surface area contributed by atoms with Gasteiger partial charge < -0.3 is 10.2 Å². The smallest absolute Gasteiger partial charge is 0.0468 e. The summed E-state index contributed by atoms with van der Waals surface area (Å²) < 4.78 is 0. The van der Waals surface area contributed by atoms with Crippen molar-refractivity contribution in [3.05, 3.63) is 164 Å². The highest BCUT2D eigenvalue weighted by atomic mass is 15.1. The molecule has 0 amide bonds. The summed E-state index contributed by atoms with van der Waals surface area (Å²) in [6, 6.07) is 58.1. The first-order valence-corrected chi connectivity index (χ1v) is 13.6. The lowest BCUT2D eigenvalue weighted by Gasteiger charge is -2.26. The third-order valence-corrected chi connectivity index (χ3v) is 7.40. The lowest BCUT2D eigenvalue weighted by molar-refractivity contribution is 1.29. The molecule has 0 spiro atoms. The summed E-state index contributed by atoms with van der Waals surface area (Å²) in [4.78, 5) is 2.33. The van der Waals surface area contributed by atoms with Crippen LogP contribution in [0.4, 0.5) is 28.4 Å². The van der Waals surface area contributed by atoms with Crippen molar-refractivity contribution in [2.75, 3.05) is 10.2 Å². The molecule has 0 saturated carbocycles. The summed E-state index contributed by atoms with van der Waals surface area (Å²) >= 11 is 0. The molecule has 0 aromatic heterocycles. The van der Waals surface area contributed by atoms with E-state index in [4.69, 9.17) is 0 Å². The number of nitrogens with one attached hydrogen (secondary N) is 1. The highest BCUT2D eigenvalue weighted by Gasteiger charge is 2.14. The van der Waals surface area contributed by atoms with E-state index in [1.165, 1.54) is 32.7 Å². The summed E-state index contributed by atoms with van der Waals surface area (Å²) in [5.41, 5.74) is 7.90. The van der Waals surface area contributed by atoms with Crippen LogP contribution < -0.4 is 10.2 Å². The Morgan fingerprint density at radius 1 is 0.375 bits per heavy atom. The Kier molecular flexibility index (Phi) is 6.20. The lowest BCUT2D eigenvalue weighted by Crippen LogP contribution is -2.10. The SMILES string of the molecule is c1ccc(-c2cccc(N(c3ccc(Nc4cccc5ccccc45)cc3)c3ccc4ccccc4c3)c2)cc1. The molecular weight excluding hydrogens is 484 g/mol. The largest absolute Gasteiger partial charge is 0.355 e. The minimum Gasteiger partial charge on any atom is -0.355 e. The van der Waals surface area contributed by atoms with Gasteiger partial charge in [-0.1, -0.05) is 109 Å². The van der Waals surface area contributed by atoms with Gasteiger partial charge in [-0.3, -0.25) is 0 Å². The maximum absolute atomic E-state index is 3.63. The van der Waals surface area contributed by atoms with Crippen molar-refractivity contribution in [1.29, 1.82) is 0 Å². The topological polar surface area (TPSA) is 15.3 Å². The molecule has 40 heavy (non-hydrogen) atoms. The normalized spacial score (nSPS) is 11.0. The van der Waals surface area contributed by atoms with Crippen molar-refractivity contribution in [3.63, 3.8) is 0 Å². The molecule has 0 atom stereocenters. The number of nitrogens with zero attached hydrogens (tertiary/aromatic N) is 1. The van der Waals surface area contributed by atoms with Crippen molar-refractivity contribution in [2.45, 2.75) is 0 Å². The minimum atomic E-state index is 1.05. The standard InChI is InChI=1S/C38H28N2/c1-2-10-28(11-3-1)32-16-8-17-35(26-32)40(36-23-20-29-12-4-5-14-31(29)27-36)34-24-21-33(22-25-34)39-38-19-9-15-30-13-6-7-18-37(30)38/h1-27,39H. The molecule has 0 saturated heterocycles. The Morgan fingerprint density at radius 2 is 1.00 bits per heavy atom. The second-order valence-electron chi connectivity index (χ2n) is 9.98. The number of benzene rings is 7. The maximum atomic E-state index is 3.63. The van der Waals surface area contributed by atoms with Crippen LogP contribution in [-0.2, 0) is 0 Å². The predicted octanol–water partition coefficient (Wildman–Crippen LogP) is 10.9. The van der Waals surface area contributed by atoms with Gasteiger partial charge in [-0.25, -0.2) is 0 Å². The predicted molar refractivity (Wildman–Crippen MR) is 171 cm³/mol. The number of anilines is 5. The van der Waals surface area contributed by atoms with Gasteiger partial charge in [-0.2, -0.15) is 0 Å². The molecule has 0 fully saturated rings. The Labute approximate surface area is 234 Å². The molecule has 2 nitrogen and oxygen atoms in total. The third-order valence-electron chi connectivity index (χ3n) is 7.40. The van der Waals surface area contributed by atoms with Crippen LogP contribution in [0.1, 0.15) is 0 Å². The number of hydrogen-bond acceptors (Lipinski definition) is 2. The molecule has 0 aliphatic rings. The van der Waals surface area contributed by atoms with Gasteiger partial charge in [0.15, 0.2) is 0 Å². The van der Waals surface area contributed by atoms with Crippen LogP contribution in [0, 0.1) is 0 Å². The second-order valence-corrected chi connectivity index (χ2v) is 9.98. The third kappa shape index (κ3) is 4.68. The zero-order valence-corrected chi connectivity index (χ0v) is 22.0. The van der Waals surface area contributed by atoms with E-state index in [0.29, 0.717) is 0 Å². The van der Waals surface area contributed by atoms with E-state index in [0.717, 1.165) is 28.4 Å². The van der Waals surface area contributed by atoms with E-state index in [1.807, 2.05) is 0 Å².